The van der Waals surface area contributed by atoms with Crippen molar-refractivity contribution in [3.63, 3.8) is 0 Å². The van der Waals surface area contributed by atoms with E-state index in [1.807, 2.05) is 66.7 Å². The van der Waals surface area contributed by atoms with Crippen molar-refractivity contribution in [3.05, 3.63) is 95.3 Å². The van der Waals surface area contributed by atoms with Gasteiger partial charge in [-0.05, 0) is 6.07 Å². The molecule has 1 N–H and O–H groups in total. The fourth-order valence-corrected chi connectivity index (χ4v) is 3.36. The molecule has 1 aromatic heterocycles. The molecule has 0 aliphatic carbocycles. The van der Waals surface area contributed by atoms with Crippen LogP contribution in [0.5, 0.6) is 0 Å². The Bertz CT molecular complexity index is 993. The fraction of sp³-hybridized carbons (Fsp3) is 0.208. The average Bonchev–Trinajstić information content (AvgIpc) is 3.04. The van der Waals surface area contributed by atoms with Crippen LogP contribution in [0.4, 0.5) is 5.69 Å². The van der Waals surface area contributed by atoms with Gasteiger partial charge in [0.05, 0.1) is 28.9 Å². The van der Waals surface area contributed by atoms with Crippen LogP contribution in [0.3, 0.4) is 0 Å². The first-order valence-corrected chi connectivity index (χ1v) is 9.38. The van der Waals surface area contributed by atoms with E-state index in [1.54, 1.807) is 6.20 Å². The number of pyridine rings is 1. The first kappa shape index (κ1) is 18.1. The fourth-order valence-electron chi connectivity index (χ4n) is 3.36. The predicted octanol–water partition coefficient (Wildman–Crippen LogP) is 5.69. The second-order valence-electron chi connectivity index (χ2n) is 8.01. The number of benzene rings is 2. The zero-order chi connectivity index (χ0) is 19.7. The van der Waals surface area contributed by atoms with Gasteiger partial charge in [-0.3, -0.25) is 10.4 Å². The molecule has 1 unspecified atom stereocenters. The Morgan fingerprint density at radius 1 is 0.964 bits per heavy atom. The number of aliphatic imine (C=N–C) groups is 1. The van der Waals surface area contributed by atoms with Crippen LogP contribution in [0.15, 0.2) is 77.9 Å². The average molecular weight is 369 g/mol. The lowest BCUT2D eigenvalue weighted by atomic mass is 9.87. The molecule has 1 aliphatic rings. The number of nitrogens with zero attached hydrogens (tertiary/aromatic N) is 2. The number of hydrogen-bond donors (Lipinski definition) is 1. The third kappa shape index (κ3) is 3.46. The minimum Gasteiger partial charge on any atom is -0.467 e. The minimum atomic E-state index is -0.212. The van der Waals surface area contributed by atoms with E-state index in [4.69, 9.17) is 15.1 Å². The van der Waals surface area contributed by atoms with E-state index >= 15 is 0 Å². The van der Waals surface area contributed by atoms with Gasteiger partial charge in [-0.25, -0.2) is 4.99 Å². The summed E-state index contributed by atoms with van der Waals surface area (Å²) in [6.45, 7) is 6.28. The van der Waals surface area contributed by atoms with Gasteiger partial charge >= 0.3 is 0 Å². The standard InChI is InChI=1S/C24H23N3O/c1-24(2,3)22-21-19(23(25)28-22)14-18(15-26-21)27-20(16-10-6-4-7-11-16)17-12-8-5-9-13-17/h4-15,22,25H,1-3H3. The number of ether oxygens (including phenoxy) is 1. The first-order valence-electron chi connectivity index (χ1n) is 9.38. The summed E-state index contributed by atoms with van der Waals surface area (Å²) < 4.78 is 5.80. The van der Waals surface area contributed by atoms with Gasteiger partial charge in [-0.2, -0.15) is 0 Å². The van der Waals surface area contributed by atoms with Crippen LogP contribution < -0.4 is 0 Å². The van der Waals surface area contributed by atoms with E-state index in [2.05, 4.69) is 25.8 Å². The van der Waals surface area contributed by atoms with Crippen LogP contribution in [0, 0.1) is 10.8 Å². The largest absolute Gasteiger partial charge is 0.467 e. The maximum absolute atomic E-state index is 8.24. The van der Waals surface area contributed by atoms with Gasteiger partial charge in [0.15, 0.2) is 0 Å². The lowest BCUT2D eigenvalue weighted by Crippen LogP contribution is -2.18. The Morgan fingerprint density at radius 2 is 1.54 bits per heavy atom. The molecule has 3 aromatic rings. The molecule has 2 heterocycles. The van der Waals surface area contributed by atoms with Gasteiger partial charge in [0.1, 0.15) is 6.10 Å². The van der Waals surface area contributed by atoms with Crippen LogP contribution in [0.25, 0.3) is 0 Å². The van der Waals surface area contributed by atoms with E-state index in [1.165, 1.54) is 0 Å². The summed E-state index contributed by atoms with van der Waals surface area (Å²) in [5.74, 6) is 0.167. The van der Waals surface area contributed by atoms with Crippen molar-refractivity contribution in [2.75, 3.05) is 0 Å². The highest BCUT2D eigenvalue weighted by atomic mass is 16.5. The molecule has 28 heavy (non-hydrogen) atoms. The Kier molecular flexibility index (Phi) is 4.55. The third-order valence-electron chi connectivity index (χ3n) is 4.75. The Labute approximate surface area is 165 Å². The van der Waals surface area contributed by atoms with E-state index < -0.39 is 0 Å². The smallest absolute Gasteiger partial charge is 0.216 e. The van der Waals surface area contributed by atoms with E-state index in [9.17, 15) is 0 Å². The summed E-state index contributed by atoms with van der Waals surface area (Å²) in [5.41, 5.74) is 5.07. The molecule has 1 aliphatic heterocycles. The maximum Gasteiger partial charge on any atom is 0.216 e. The molecule has 140 valence electrons. The van der Waals surface area contributed by atoms with Crippen LogP contribution in [-0.2, 0) is 4.74 Å². The molecule has 0 spiro atoms. The molecule has 4 heteroatoms. The summed E-state index contributed by atoms with van der Waals surface area (Å²) in [7, 11) is 0. The molecular weight excluding hydrogens is 346 g/mol. The SMILES string of the molecule is CC(C)(C)C1OC(=N)c2cc(N=C(c3ccccc3)c3ccccc3)cnc21. The van der Waals surface area contributed by atoms with Crippen LogP contribution in [-0.4, -0.2) is 16.6 Å². The van der Waals surface area contributed by atoms with Gasteiger partial charge in [0.2, 0.25) is 5.90 Å². The van der Waals surface area contributed by atoms with E-state index in [-0.39, 0.29) is 17.4 Å². The molecule has 4 nitrogen and oxygen atoms in total. The van der Waals surface area contributed by atoms with Crippen LogP contribution in [0.2, 0.25) is 0 Å². The van der Waals surface area contributed by atoms with Gasteiger partial charge in [0.25, 0.3) is 0 Å². The number of aromatic nitrogens is 1. The topological polar surface area (TPSA) is 58.3 Å². The highest BCUT2D eigenvalue weighted by Gasteiger charge is 2.38. The summed E-state index contributed by atoms with van der Waals surface area (Å²) in [6.07, 6.45) is 1.56. The highest BCUT2D eigenvalue weighted by molar-refractivity contribution is 6.14. The monoisotopic (exact) mass is 369 g/mol. The second-order valence-corrected chi connectivity index (χ2v) is 8.01. The third-order valence-corrected chi connectivity index (χ3v) is 4.75. The molecule has 0 saturated carbocycles. The summed E-state index contributed by atoms with van der Waals surface area (Å²) in [5, 5.41) is 8.24. The number of nitrogens with one attached hydrogen (secondary N) is 1. The lowest BCUT2D eigenvalue weighted by Gasteiger charge is -2.25. The molecule has 0 saturated heterocycles. The first-order chi connectivity index (χ1) is 13.4. The molecule has 4 rings (SSSR count). The van der Waals surface area contributed by atoms with Crippen molar-refractivity contribution in [1.82, 2.24) is 4.98 Å². The zero-order valence-corrected chi connectivity index (χ0v) is 16.3. The molecule has 2 aromatic carbocycles. The van der Waals surface area contributed by atoms with Crippen molar-refractivity contribution in [1.29, 1.82) is 5.41 Å². The summed E-state index contributed by atoms with van der Waals surface area (Å²) in [6, 6.07) is 22.1. The van der Waals surface area contributed by atoms with Crippen molar-refractivity contribution >= 4 is 17.3 Å². The quantitative estimate of drug-likeness (QED) is 0.603. The van der Waals surface area contributed by atoms with Crippen molar-refractivity contribution in [2.24, 2.45) is 10.4 Å². The van der Waals surface area contributed by atoms with E-state index in [0.717, 1.165) is 28.1 Å². The van der Waals surface area contributed by atoms with Crippen molar-refractivity contribution in [3.8, 4) is 0 Å². The normalized spacial score (nSPS) is 15.7. The van der Waals surface area contributed by atoms with E-state index in [0.29, 0.717) is 5.69 Å². The van der Waals surface area contributed by atoms with Crippen molar-refractivity contribution < 1.29 is 4.74 Å². The predicted molar refractivity (Wildman–Crippen MR) is 113 cm³/mol. The zero-order valence-electron chi connectivity index (χ0n) is 16.3. The van der Waals surface area contributed by atoms with Gasteiger partial charge < -0.3 is 4.74 Å². The lowest BCUT2D eigenvalue weighted by molar-refractivity contribution is 0.0841. The van der Waals surface area contributed by atoms with Gasteiger partial charge in [0, 0.05) is 16.5 Å². The number of hydrogen-bond acceptors (Lipinski definition) is 4. The highest BCUT2D eigenvalue weighted by Crippen LogP contribution is 2.42. The van der Waals surface area contributed by atoms with Gasteiger partial charge in [-0.15, -0.1) is 0 Å². The number of rotatable bonds is 3. The Hall–Kier alpha value is -3.27. The van der Waals surface area contributed by atoms with Crippen LogP contribution >= 0.6 is 0 Å². The molecule has 0 fully saturated rings. The molecule has 1 atom stereocenters. The van der Waals surface area contributed by atoms with Crippen molar-refractivity contribution in [2.45, 2.75) is 26.9 Å². The molecular formula is C24H23N3O. The maximum atomic E-state index is 8.24. The molecule has 0 radical (unpaired) electrons. The number of fused-ring (bicyclic) bond motifs is 1. The Morgan fingerprint density at radius 3 is 2.07 bits per heavy atom. The van der Waals surface area contributed by atoms with Crippen LogP contribution in [0.1, 0.15) is 49.3 Å². The second kappa shape index (κ2) is 7.04. The van der Waals surface area contributed by atoms with Gasteiger partial charge in [-0.1, -0.05) is 81.4 Å². The minimum absolute atomic E-state index is 0.130. The summed E-state index contributed by atoms with van der Waals surface area (Å²) in [4.78, 5) is 9.53. The Balaban J connectivity index is 1.81. The molecule has 0 bridgehead atoms. The summed E-state index contributed by atoms with van der Waals surface area (Å²) >= 11 is 0. The molecule has 0 amide bonds.